The average molecular weight is 575 g/mol. The summed E-state index contributed by atoms with van der Waals surface area (Å²) in [5, 5.41) is 6.42. The minimum absolute atomic E-state index is 0.134. The number of halogens is 2. The smallest absolute Gasteiger partial charge is 0.147 e. The Bertz CT molecular complexity index is 1610. The molecule has 9 heteroatoms. The number of hydrogen-bond donors (Lipinski definition) is 0. The zero-order valence-electron chi connectivity index (χ0n) is 21.9. The summed E-state index contributed by atoms with van der Waals surface area (Å²) in [4.78, 5) is 11.1. The van der Waals surface area contributed by atoms with Gasteiger partial charge in [0.2, 0.25) is 0 Å². The predicted molar refractivity (Wildman–Crippen MR) is 155 cm³/mol. The molecule has 2 saturated heterocycles. The van der Waals surface area contributed by atoms with Gasteiger partial charge in [0.05, 0.1) is 28.8 Å². The summed E-state index contributed by atoms with van der Waals surface area (Å²) >= 11 is 12.9. The van der Waals surface area contributed by atoms with E-state index in [0.29, 0.717) is 51.8 Å². The average Bonchev–Trinajstić information content (AvgIpc) is 3.64. The molecule has 7 nitrogen and oxygen atoms in total. The van der Waals surface area contributed by atoms with Gasteiger partial charge in [-0.1, -0.05) is 40.5 Å². The third-order valence-corrected chi connectivity index (χ3v) is 9.30. The van der Waals surface area contributed by atoms with E-state index in [9.17, 15) is 0 Å². The number of pyridine rings is 2. The lowest BCUT2D eigenvalue weighted by Gasteiger charge is -2.59. The standard InChI is InChI=1S/C31H28Cl2N4O3/c32-24-12-34-13-25(33)28(24)29-22(30(40-36-29)19-2-3-19)5-1-18-10-31(11-18)16-37(17-31)20-4-6-26-23(9-20)27(7-8-35-26)39-21-14-38-15-21/h1,4-9,12-13,18-19,21H,2-3,10-11,14-17H2/b5-1+. The fourth-order valence-corrected chi connectivity index (χ4v) is 6.97. The lowest BCUT2D eigenvalue weighted by atomic mass is 9.57. The molecule has 2 aliphatic heterocycles. The molecule has 0 unspecified atom stereocenters. The van der Waals surface area contributed by atoms with Crippen LogP contribution in [0.4, 0.5) is 5.69 Å². The Morgan fingerprint density at radius 3 is 2.58 bits per heavy atom. The number of hydrogen-bond acceptors (Lipinski definition) is 7. The third-order valence-electron chi connectivity index (χ3n) is 8.72. The van der Waals surface area contributed by atoms with Crippen molar-refractivity contribution in [2.75, 3.05) is 31.2 Å². The fourth-order valence-electron chi connectivity index (χ4n) is 6.42. The lowest BCUT2D eigenvalue weighted by Crippen LogP contribution is -2.62. The van der Waals surface area contributed by atoms with E-state index in [1.54, 1.807) is 12.4 Å². The molecule has 0 amide bonds. The van der Waals surface area contributed by atoms with Crippen molar-refractivity contribution >= 4 is 45.9 Å². The second-order valence-electron chi connectivity index (χ2n) is 11.7. The van der Waals surface area contributed by atoms with Gasteiger partial charge in [0.1, 0.15) is 23.3 Å². The van der Waals surface area contributed by atoms with E-state index in [1.165, 1.54) is 18.5 Å². The molecule has 0 bridgehead atoms. The van der Waals surface area contributed by atoms with Crippen LogP contribution in [0.2, 0.25) is 10.0 Å². The summed E-state index contributed by atoms with van der Waals surface area (Å²) in [5.41, 5.74) is 4.97. The number of fused-ring (bicyclic) bond motifs is 1. The number of benzene rings is 1. The molecule has 2 aliphatic carbocycles. The molecule has 0 atom stereocenters. The number of aromatic nitrogens is 3. The zero-order valence-corrected chi connectivity index (χ0v) is 23.4. The highest BCUT2D eigenvalue weighted by Crippen LogP contribution is 2.54. The van der Waals surface area contributed by atoms with Crippen LogP contribution in [0, 0.1) is 11.3 Å². The molecule has 1 aromatic carbocycles. The Morgan fingerprint density at radius 2 is 1.85 bits per heavy atom. The normalized spacial score (nSPS) is 20.6. The van der Waals surface area contributed by atoms with E-state index in [2.05, 4.69) is 50.4 Å². The van der Waals surface area contributed by atoms with Gasteiger partial charge in [-0.25, -0.2) is 0 Å². The SMILES string of the molecule is Clc1cncc(Cl)c1-c1noc(C2CC2)c1/C=C/C1CC2(C1)CN(c1ccc3nccc(OC4COC4)c3c1)C2. The van der Waals surface area contributed by atoms with E-state index >= 15 is 0 Å². The molecule has 8 rings (SSSR count). The number of anilines is 1. The quantitative estimate of drug-likeness (QED) is 0.231. The van der Waals surface area contributed by atoms with Gasteiger partial charge in [-0.2, -0.15) is 0 Å². The van der Waals surface area contributed by atoms with Gasteiger partial charge in [0.15, 0.2) is 0 Å². The largest absolute Gasteiger partial charge is 0.485 e. The number of ether oxygens (including phenoxy) is 2. The van der Waals surface area contributed by atoms with Gasteiger partial charge in [-0.05, 0) is 55.9 Å². The highest BCUT2D eigenvalue weighted by molar-refractivity contribution is 6.39. The highest BCUT2D eigenvalue weighted by atomic mass is 35.5. The van der Waals surface area contributed by atoms with Crippen molar-refractivity contribution in [3.8, 4) is 17.0 Å². The molecule has 4 aliphatic rings. The van der Waals surface area contributed by atoms with Crippen molar-refractivity contribution < 1.29 is 14.0 Å². The summed E-state index contributed by atoms with van der Waals surface area (Å²) < 4.78 is 17.2. The topological polar surface area (TPSA) is 73.5 Å². The van der Waals surface area contributed by atoms with Crippen LogP contribution >= 0.6 is 23.2 Å². The maximum absolute atomic E-state index is 6.47. The molecular formula is C31H28Cl2N4O3. The van der Waals surface area contributed by atoms with Crippen LogP contribution in [0.15, 0.2) is 53.5 Å². The second-order valence-corrected chi connectivity index (χ2v) is 12.5. The first kappa shape index (κ1) is 24.6. The van der Waals surface area contributed by atoms with Crippen molar-refractivity contribution in [1.29, 1.82) is 0 Å². The zero-order chi connectivity index (χ0) is 26.8. The van der Waals surface area contributed by atoms with Crippen LogP contribution in [0.3, 0.4) is 0 Å². The van der Waals surface area contributed by atoms with E-state index in [1.807, 2.05) is 12.3 Å². The molecule has 0 N–H and O–H groups in total. The maximum Gasteiger partial charge on any atom is 0.147 e. The molecule has 4 aromatic rings. The van der Waals surface area contributed by atoms with Gasteiger partial charge in [-0.3, -0.25) is 9.97 Å². The lowest BCUT2D eigenvalue weighted by molar-refractivity contribution is -0.0791. The maximum atomic E-state index is 6.47. The first-order valence-electron chi connectivity index (χ1n) is 13.9. The van der Waals surface area contributed by atoms with Crippen LogP contribution in [-0.2, 0) is 4.74 Å². The van der Waals surface area contributed by atoms with Gasteiger partial charge < -0.3 is 18.9 Å². The van der Waals surface area contributed by atoms with Crippen LogP contribution in [0.5, 0.6) is 5.75 Å². The highest BCUT2D eigenvalue weighted by Gasteiger charge is 2.51. The van der Waals surface area contributed by atoms with E-state index < -0.39 is 0 Å². The minimum atomic E-state index is 0.134. The van der Waals surface area contributed by atoms with Crippen LogP contribution in [0.1, 0.15) is 42.9 Å². The molecule has 204 valence electrons. The Morgan fingerprint density at radius 1 is 1.05 bits per heavy atom. The Labute approximate surface area is 242 Å². The summed E-state index contributed by atoms with van der Waals surface area (Å²) in [6, 6.07) is 8.46. The van der Waals surface area contributed by atoms with Crippen molar-refractivity contribution in [1.82, 2.24) is 15.1 Å². The van der Waals surface area contributed by atoms with Crippen molar-refractivity contribution in [2.24, 2.45) is 11.3 Å². The molecule has 2 saturated carbocycles. The summed E-state index contributed by atoms with van der Waals surface area (Å²) in [6.45, 7) is 3.45. The Balaban J connectivity index is 0.960. The second kappa shape index (κ2) is 9.47. The molecule has 1 spiro atoms. The van der Waals surface area contributed by atoms with Crippen molar-refractivity contribution in [3.05, 3.63) is 70.3 Å². The molecule has 0 radical (unpaired) electrons. The molecule has 40 heavy (non-hydrogen) atoms. The molecule has 5 heterocycles. The number of rotatable bonds is 7. The van der Waals surface area contributed by atoms with E-state index in [-0.39, 0.29) is 6.10 Å². The number of nitrogens with zero attached hydrogens (tertiary/aromatic N) is 4. The minimum Gasteiger partial charge on any atom is -0.485 e. The Hall–Kier alpha value is -3.13. The van der Waals surface area contributed by atoms with E-state index in [0.717, 1.165) is 53.9 Å². The Kier molecular flexibility index (Phi) is 5.83. The fraction of sp³-hybridized carbons (Fsp3) is 0.387. The monoisotopic (exact) mass is 574 g/mol. The van der Waals surface area contributed by atoms with Crippen molar-refractivity contribution in [2.45, 2.75) is 37.7 Å². The van der Waals surface area contributed by atoms with Gasteiger partial charge in [-0.15, -0.1) is 0 Å². The van der Waals surface area contributed by atoms with Crippen LogP contribution in [0.25, 0.3) is 28.2 Å². The molecular weight excluding hydrogens is 547 g/mol. The van der Waals surface area contributed by atoms with Gasteiger partial charge in [0.25, 0.3) is 0 Å². The number of allylic oxidation sites excluding steroid dienone is 1. The van der Waals surface area contributed by atoms with Crippen LogP contribution < -0.4 is 9.64 Å². The predicted octanol–water partition coefficient (Wildman–Crippen LogP) is 7.18. The van der Waals surface area contributed by atoms with Crippen LogP contribution in [-0.4, -0.2) is 47.5 Å². The summed E-state index contributed by atoms with van der Waals surface area (Å²) in [7, 11) is 0. The third kappa shape index (κ3) is 4.26. The van der Waals surface area contributed by atoms with E-state index in [4.69, 9.17) is 37.2 Å². The summed E-state index contributed by atoms with van der Waals surface area (Å²) in [5.74, 6) is 2.79. The van der Waals surface area contributed by atoms with Gasteiger partial charge >= 0.3 is 0 Å². The molecule has 3 aromatic heterocycles. The summed E-state index contributed by atoms with van der Waals surface area (Å²) in [6.07, 6.45) is 14.3. The first-order chi connectivity index (χ1) is 19.6. The molecule has 4 fully saturated rings. The first-order valence-corrected chi connectivity index (χ1v) is 14.7. The van der Waals surface area contributed by atoms with Gasteiger partial charge in [0, 0.05) is 65.2 Å². The van der Waals surface area contributed by atoms with Crippen molar-refractivity contribution in [3.63, 3.8) is 0 Å².